The van der Waals surface area contributed by atoms with Crippen LogP contribution in [0.2, 0.25) is 0 Å². The second-order valence-electron chi connectivity index (χ2n) is 4.45. The van der Waals surface area contributed by atoms with E-state index in [-0.39, 0.29) is 6.10 Å². The SMILES string of the molecule is N#Cc1ccccc1COC1CCC(=NO)CC1. The smallest absolute Gasteiger partial charge is 0.0995 e. The van der Waals surface area contributed by atoms with Crippen molar-refractivity contribution in [2.24, 2.45) is 5.16 Å². The lowest BCUT2D eigenvalue weighted by molar-refractivity contribution is 0.0276. The minimum atomic E-state index is 0.197. The van der Waals surface area contributed by atoms with Crippen molar-refractivity contribution in [1.29, 1.82) is 5.26 Å². The fraction of sp³-hybridized carbons (Fsp3) is 0.429. The zero-order chi connectivity index (χ0) is 12.8. The van der Waals surface area contributed by atoms with Gasteiger partial charge >= 0.3 is 0 Å². The molecule has 18 heavy (non-hydrogen) atoms. The van der Waals surface area contributed by atoms with Crippen LogP contribution in [0.4, 0.5) is 0 Å². The van der Waals surface area contributed by atoms with Gasteiger partial charge in [-0.05, 0) is 37.3 Å². The molecule has 1 aromatic carbocycles. The molecule has 2 rings (SSSR count). The number of ether oxygens (including phenoxy) is 1. The molecule has 0 saturated heterocycles. The van der Waals surface area contributed by atoms with Gasteiger partial charge in [0.15, 0.2) is 0 Å². The van der Waals surface area contributed by atoms with E-state index in [4.69, 9.17) is 15.2 Å². The lowest BCUT2D eigenvalue weighted by atomic mass is 9.96. The maximum atomic E-state index is 8.97. The van der Waals surface area contributed by atoms with Crippen molar-refractivity contribution in [3.8, 4) is 6.07 Å². The predicted octanol–water partition coefficient (Wildman–Crippen LogP) is 2.85. The fourth-order valence-electron chi connectivity index (χ4n) is 2.15. The van der Waals surface area contributed by atoms with Crippen LogP contribution < -0.4 is 0 Å². The molecule has 0 amide bonds. The van der Waals surface area contributed by atoms with E-state index in [2.05, 4.69) is 11.2 Å². The van der Waals surface area contributed by atoms with Gasteiger partial charge in [-0.25, -0.2) is 0 Å². The molecule has 0 atom stereocenters. The number of hydrogen-bond acceptors (Lipinski definition) is 4. The molecule has 0 heterocycles. The Balaban J connectivity index is 1.87. The molecule has 1 saturated carbocycles. The van der Waals surface area contributed by atoms with Crippen molar-refractivity contribution in [2.75, 3.05) is 0 Å². The molecule has 0 aromatic heterocycles. The molecule has 1 aromatic rings. The Bertz CT molecular complexity index is 467. The van der Waals surface area contributed by atoms with Gasteiger partial charge in [0.2, 0.25) is 0 Å². The number of hydrogen-bond donors (Lipinski definition) is 1. The molecule has 0 unspecified atom stereocenters. The molecule has 4 heteroatoms. The van der Waals surface area contributed by atoms with Gasteiger partial charge in [0.25, 0.3) is 0 Å². The van der Waals surface area contributed by atoms with Crippen LogP contribution in [0.1, 0.15) is 36.8 Å². The highest BCUT2D eigenvalue weighted by molar-refractivity contribution is 5.84. The van der Waals surface area contributed by atoms with Crippen LogP contribution in [0.5, 0.6) is 0 Å². The third-order valence-electron chi connectivity index (χ3n) is 3.26. The summed E-state index contributed by atoms with van der Waals surface area (Å²) in [4.78, 5) is 0. The topological polar surface area (TPSA) is 65.6 Å². The Hall–Kier alpha value is -1.86. The van der Waals surface area contributed by atoms with Crippen LogP contribution in [-0.2, 0) is 11.3 Å². The molecule has 4 nitrogen and oxygen atoms in total. The van der Waals surface area contributed by atoms with Gasteiger partial charge in [-0.2, -0.15) is 5.26 Å². The Morgan fingerprint density at radius 1 is 1.33 bits per heavy atom. The number of nitrogens with zero attached hydrogens (tertiary/aromatic N) is 2. The highest BCUT2D eigenvalue weighted by Crippen LogP contribution is 2.20. The molecular formula is C14H16N2O2. The predicted molar refractivity (Wildman–Crippen MR) is 67.4 cm³/mol. The third kappa shape index (κ3) is 3.08. The van der Waals surface area contributed by atoms with Crippen LogP contribution in [-0.4, -0.2) is 17.0 Å². The number of benzene rings is 1. The van der Waals surface area contributed by atoms with Crippen molar-refractivity contribution in [1.82, 2.24) is 0 Å². The minimum Gasteiger partial charge on any atom is -0.411 e. The standard InChI is InChI=1S/C14H16N2O2/c15-9-11-3-1-2-4-12(11)10-18-14-7-5-13(16-17)6-8-14/h1-4,14,17H,5-8,10H2. The van der Waals surface area contributed by atoms with Gasteiger partial charge in [0.1, 0.15) is 0 Å². The summed E-state index contributed by atoms with van der Waals surface area (Å²) in [5.74, 6) is 0. The molecule has 0 aliphatic heterocycles. The molecule has 1 aliphatic rings. The summed E-state index contributed by atoms with van der Waals surface area (Å²) in [5.41, 5.74) is 2.46. The first-order chi connectivity index (χ1) is 8.83. The Labute approximate surface area is 106 Å². The average Bonchev–Trinajstić information content (AvgIpc) is 2.46. The molecule has 1 aliphatic carbocycles. The van der Waals surface area contributed by atoms with Crippen molar-refractivity contribution >= 4 is 5.71 Å². The first kappa shape index (κ1) is 12.6. The molecule has 0 bridgehead atoms. The number of oxime groups is 1. The quantitative estimate of drug-likeness (QED) is 0.656. The minimum absolute atomic E-state index is 0.197. The maximum Gasteiger partial charge on any atom is 0.0995 e. The van der Waals surface area contributed by atoms with Crippen LogP contribution in [0.3, 0.4) is 0 Å². The Morgan fingerprint density at radius 2 is 2.06 bits per heavy atom. The highest BCUT2D eigenvalue weighted by atomic mass is 16.5. The summed E-state index contributed by atoms with van der Waals surface area (Å²) in [6.07, 6.45) is 3.55. The van der Waals surface area contributed by atoms with Gasteiger partial charge in [-0.15, -0.1) is 0 Å². The van der Waals surface area contributed by atoms with Crippen molar-refractivity contribution in [3.05, 3.63) is 35.4 Å². The van der Waals surface area contributed by atoms with Gasteiger partial charge < -0.3 is 9.94 Å². The van der Waals surface area contributed by atoms with Gasteiger partial charge in [-0.1, -0.05) is 23.4 Å². The average molecular weight is 244 g/mol. The van der Waals surface area contributed by atoms with E-state index in [1.165, 1.54) is 0 Å². The fourth-order valence-corrected chi connectivity index (χ4v) is 2.15. The number of nitriles is 1. The van der Waals surface area contributed by atoms with E-state index in [0.717, 1.165) is 37.0 Å². The molecule has 0 radical (unpaired) electrons. The van der Waals surface area contributed by atoms with E-state index in [9.17, 15) is 0 Å². The first-order valence-corrected chi connectivity index (χ1v) is 6.13. The third-order valence-corrected chi connectivity index (χ3v) is 3.26. The van der Waals surface area contributed by atoms with Crippen LogP contribution >= 0.6 is 0 Å². The van der Waals surface area contributed by atoms with E-state index < -0.39 is 0 Å². The zero-order valence-electron chi connectivity index (χ0n) is 10.2. The van der Waals surface area contributed by atoms with Gasteiger partial charge in [0.05, 0.1) is 30.1 Å². The molecule has 1 fully saturated rings. The first-order valence-electron chi connectivity index (χ1n) is 6.13. The Morgan fingerprint density at radius 3 is 2.72 bits per heavy atom. The monoisotopic (exact) mass is 244 g/mol. The summed E-state index contributed by atoms with van der Waals surface area (Å²) in [6, 6.07) is 9.66. The lowest BCUT2D eigenvalue weighted by Gasteiger charge is -2.22. The van der Waals surface area contributed by atoms with Crippen LogP contribution in [0.15, 0.2) is 29.4 Å². The summed E-state index contributed by atoms with van der Waals surface area (Å²) in [7, 11) is 0. The van der Waals surface area contributed by atoms with E-state index in [1.54, 1.807) is 6.07 Å². The van der Waals surface area contributed by atoms with Gasteiger partial charge in [-0.3, -0.25) is 0 Å². The second-order valence-corrected chi connectivity index (χ2v) is 4.45. The summed E-state index contributed by atoms with van der Waals surface area (Å²) in [5, 5.41) is 20.9. The molecule has 1 N–H and O–H groups in total. The van der Waals surface area contributed by atoms with E-state index in [0.29, 0.717) is 12.2 Å². The molecule has 94 valence electrons. The summed E-state index contributed by atoms with van der Waals surface area (Å²) >= 11 is 0. The maximum absolute atomic E-state index is 8.97. The summed E-state index contributed by atoms with van der Waals surface area (Å²) in [6.45, 7) is 0.472. The zero-order valence-corrected chi connectivity index (χ0v) is 10.2. The van der Waals surface area contributed by atoms with Crippen molar-refractivity contribution in [3.63, 3.8) is 0 Å². The second kappa shape index (κ2) is 6.18. The highest BCUT2D eigenvalue weighted by Gasteiger charge is 2.18. The van der Waals surface area contributed by atoms with Gasteiger partial charge in [0, 0.05) is 0 Å². The largest absolute Gasteiger partial charge is 0.411 e. The molecular weight excluding hydrogens is 228 g/mol. The van der Waals surface area contributed by atoms with E-state index in [1.807, 2.05) is 18.2 Å². The normalized spacial score (nSPS) is 19.3. The Kier molecular flexibility index (Phi) is 4.32. The van der Waals surface area contributed by atoms with Crippen molar-refractivity contribution in [2.45, 2.75) is 38.4 Å². The van der Waals surface area contributed by atoms with Crippen molar-refractivity contribution < 1.29 is 9.94 Å². The van der Waals surface area contributed by atoms with E-state index >= 15 is 0 Å². The summed E-state index contributed by atoms with van der Waals surface area (Å²) < 4.78 is 5.82. The lowest BCUT2D eigenvalue weighted by Crippen LogP contribution is -2.21. The number of rotatable bonds is 3. The van der Waals surface area contributed by atoms with Crippen LogP contribution in [0, 0.1) is 11.3 Å². The van der Waals surface area contributed by atoms with Crippen LogP contribution in [0.25, 0.3) is 0 Å². The molecule has 0 spiro atoms.